The quantitative estimate of drug-likeness (QED) is 0.880. The minimum Gasteiger partial charge on any atom is -0.300 e. The number of rotatable bonds is 4. The van der Waals surface area contributed by atoms with Gasteiger partial charge in [0.05, 0.1) is 4.90 Å². The van der Waals surface area contributed by atoms with Crippen molar-refractivity contribution in [2.75, 3.05) is 6.26 Å². The van der Waals surface area contributed by atoms with Crippen LogP contribution in [0.15, 0.2) is 29.2 Å². The van der Waals surface area contributed by atoms with E-state index in [2.05, 4.69) is 17.1 Å². The normalized spacial score (nSPS) is 11.7. The van der Waals surface area contributed by atoms with Gasteiger partial charge in [-0.2, -0.15) is 5.10 Å². The fourth-order valence-electron chi connectivity index (χ4n) is 1.82. The number of hydrogen-bond donors (Lipinski definition) is 1. The van der Waals surface area contributed by atoms with Crippen molar-refractivity contribution in [1.82, 2.24) is 14.8 Å². The van der Waals surface area contributed by atoms with Crippen LogP contribution in [0.3, 0.4) is 0 Å². The van der Waals surface area contributed by atoms with E-state index in [1.807, 2.05) is 4.57 Å². The summed E-state index contributed by atoms with van der Waals surface area (Å²) in [6.07, 6.45) is 2.14. The minimum atomic E-state index is -3.17. The molecule has 0 radical (unpaired) electrons. The Balaban J connectivity index is 2.46. The van der Waals surface area contributed by atoms with Crippen molar-refractivity contribution in [3.8, 4) is 11.4 Å². The number of nitrogens with zero attached hydrogens (tertiary/aromatic N) is 2. The van der Waals surface area contributed by atoms with Crippen LogP contribution in [0.25, 0.3) is 11.4 Å². The first-order valence-electron chi connectivity index (χ1n) is 5.89. The van der Waals surface area contributed by atoms with Gasteiger partial charge in [0.25, 0.3) is 0 Å². The lowest BCUT2D eigenvalue weighted by Gasteiger charge is -2.05. The van der Waals surface area contributed by atoms with E-state index in [-0.39, 0.29) is 0 Å². The third-order valence-corrected chi connectivity index (χ3v) is 4.19. The molecule has 19 heavy (non-hydrogen) atoms. The van der Waals surface area contributed by atoms with Gasteiger partial charge in [0, 0.05) is 18.4 Å². The summed E-state index contributed by atoms with van der Waals surface area (Å²) < 4.78 is 25.3. The molecule has 5 nitrogen and oxygen atoms in total. The maximum absolute atomic E-state index is 11.4. The molecule has 102 valence electrons. The molecule has 0 spiro atoms. The number of sulfone groups is 1. The van der Waals surface area contributed by atoms with Crippen LogP contribution in [0.5, 0.6) is 0 Å². The van der Waals surface area contributed by atoms with Gasteiger partial charge in [-0.15, -0.1) is 0 Å². The first kappa shape index (κ1) is 14.0. The molecule has 0 bridgehead atoms. The lowest BCUT2D eigenvalue weighted by molar-refractivity contribution is 0.602. The second-order valence-corrected chi connectivity index (χ2v) is 6.70. The molecule has 0 saturated carbocycles. The van der Waals surface area contributed by atoms with E-state index in [4.69, 9.17) is 12.2 Å². The number of nitrogens with one attached hydrogen (secondary N) is 1. The average molecular weight is 297 g/mol. The maximum atomic E-state index is 11.4. The van der Waals surface area contributed by atoms with Crippen LogP contribution in [0, 0.1) is 4.77 Å². The molecule has 1 aromatic carbocycles. The molecule has 0 fully saturated rings. The predicted octanol–water partition coefficient (Wildman–Crippen LogP) is 2.42. The molecule has 0 amide bonds. The molecule has 0 aliphatic heterocycles. The summed E-state index contributed by atoms with van der Waals surface area (Å²) in [5.74, 6) is 0.729. The molecule has 0 atom stereocenters. The van der Waals surface area contributed by atoms with Crippen LogP contribution in [-0.2, 0) is 16.4 Å². The smallest absolute Gasteiger partial charge is 0.195 e. The van der Waals surface area contributed by atoms with Crippen molar-refractivity contribution in [3.63, 3.8) is 0 Å². The van der Waals surface area contributed by atoms with E-state index in [1.54, 1.807) is 24.3 Å². The summed E-state index contributed by atoms with van der Waals surface area (Å²) in [4.78, 5) is 0.299. The molecule has 0 aliphatic rings. The van der Waals surface area contributed by atoms with Crippen LogP contribution < -0.4 is 0 Å². The first-order chi connectivity index (χ1) is 8.93. The molecular formula is C12H15N3O2S2. The Bertz CT molecular complexity index is 727. The third kappa shape index (κ3) is 2.93. The second-order valence-electron chi connectivity index (χ2n) is 4.30. The van der Waals surface area contributed by atoms with Gasteiger partial charge in [-0.25, -0.2) is 8.42 Å². The number of H-pyrrole nitrogens is 1. The van der Waals surface area contributed by atoms with Gasteiger partial charge in [-0.1, -0.05) is 6.92 Å². The summed E-state index contributed by atoms with van der Waals surface area (Å²) in [7, 11) is -3.17. The van der Waals surface area contributed by atoms with E-state index in [9.17, 15) is 8.42 Å². The van der Waals surface area contributed by atoms with Crippen molar-refractivity contribution in [2.24, 2.45) is 0 Å². The monoisotopic (exact) mass is 297 g/mol. The van der Waals surface area contributed by atoms with E-state index >= 15 is 0 Å². The van der Waals surface area contributed by atoms with Gasteiger partial charge in [-0.05, 0) is 42.9 Å². The summed E-state index contributed by atoms with van der Waals surface area (Å²) in [5, 5.41) is 6.96. The summed E-state index contributed by atoms with van der Waals surface area (Å²) in [5.41, 5.74) is 0.841. The van der Waals surface area contributed by atoms with Crippen molar-refractivity contribution in [2.45, 2.75) is 24.8 Å². The number of aromatic amines is 1. The second kappa shape index (κ2) is 5.26. The molecule has 2 rings (SSSR count). The predicted molar refractivity (Wildman–Crippen MR) is 76.2 cm³/mol. The van der Waals surface area contributed by atoms with Crippen molar-refractivity contribution in [3.05, 3.63) is 29.0 Å². The van der Waals surface area contributed by atoms with Gasteiger partial charge in [0.1, 0.15) is 0 Å². The lowest BCUT2D eigenvalue weighted by atomic mass is 10.2. The Morgan fingerprint density at radius 2 is 1.95 bits per heavy atom. The number of aromatic nitrogens is 3. The Hall–Kier alpha value is -1.47. The number of hydrogen-bond acceptors (Lipinski definition) is 4. The summed E-state index contributed by atoms with van der Waals surface area (Å²) in [6, 6.07) is 6.65. The van der Waals surface area contributed by atoms with E-state index < -0.39 is 9.84 Å². The molecule has 1 aromatic heterocycles. The summed E-state index contributed by atoms with van der Waals surface area (Å²) in [6.45, 7) is 2.84. The highest BCUT2D eigenvalue weighted by molar-refractivity contribution is 7.90. The van der Waals surface area contributed by atoms with Crippen LogP contribution in [0.1, 0.15) is 13.3 Å². The fourth-order valence-corrected chi connectivity index (χ4v) is 2.67. The summed E-state index contributed by atoms with van der Waals surface area (Å²) >= 11 is 5.17. The van der Waals surface area contributed by atoms with E-state index in [0.29, 0.717) is 9.67 Å². The highest BCUT2D eigenvalue weighted by atomic mass is 32.2. The van der Waals surface area contributed by atoms with Crippen LogP contribution in [0.4, 0.5) is 0 Å². The molecule has 0 aliphatic carbocycles. The van der Waals surface area contributed by atoms with Crippen molar-refractivity contribution >= 4 is 22.1 Å². The lowest BCUT2D eigenvalue weighted by Crippen LogP contribution is -2.01. The van der Waals surface area contributed by atoms with Crippen LogP contribution in [0.2, 0.25) is 0 Å². The largest absolute Gasteiger partial charge is 0.300 e. The SMILES string of the molecule is CCCn1c(-c2ccc(S(C)(=O)=O)cc2)n[nH]c1=S. The van der Waals surface area contributed by atoms with Gasteiger partial charge >= 0.3 is 0 Å². The van der Waals surface area contributed by atoms with Crippen LogP contribution >= 0.6 is 12.2 Å². The maximum Gasteiger partial charge on any atom is 0.195 e. The topological polar surface area (TPSA) is 67.8 Å². The Morgan fingerprint density at radius 3 is 2.47 bits per heavy atom. The van der Waals surface area contributed by atoms with Gasteiger partial charge < -0.3 is 4.57 Å². The van der Waals surface area contributed by atoms with Gasteiger partial charge in [0.15, 0.2) is 20.4 Å². The average Bonchev–Trinajstić information content (AvgIpc) is 2.71. The molecule has 1 N–H and O–H groups in total. The molecule has 7 heteroatoms. The Kier molecular flexibility index (Phi) is 3.86. The highest BCUT2D eigenvalue weighted by Gasteiger charge is 2.10. The minimum absolute atomic E-state index is 0.299. The van der Waals surface area contributed by atoms with E-state index in [1.165, 1.54) is 6.26 Å². The molecule has 2 aromatic rings. The Labute approximate surface area is 117 Å². The first-order valence-corrected chi connectivity index (χ1v) is 8.19. The van der Waals surface area contributed by atoms with Crippen LogP contribution in [-0.4, -0.2) is 29.4 Å². The fraction of sp³-hybridized carbons (Fsp3) is 0.333. The van der Waals surface area contributed by atoms with Gasteiger partial charge in [-0.3, -0.25) is 5.10 Å². The molecule has 0 unspecified atom stereocenters. The molecular weight excluding hydrogens is 282 g/mol. The van der Waals surface area contributed by atoms with Crippen molar-refractivity contribution in [1.29, 1.82) is 0 Å². The molecule has 0 saturated heterocycles. The van der Waals surface area contributed by atoms with Gasteiger partial charge in [0.2, 0.25) is 0 Å². The number of benzene rings is 1. The van der Waals surface area contributed by atoms with E-state index in [0.717, 1.165) is 24.4 Å². The Morgan fingerprint density at radius 1 is 1.32 bits per heavy atom. The zero-order chi connectivity index (χ0) is 14.0. The zero-order valence-electron chi connectivity index (χ0n) is 10.8. The highest BCUT2D eigenvalue weighted by Crippen LogP contribution is 2.20. The zero-order valence-corrected chi connectivity index (χ0v) is 12.4. The standard InChI is InChI=1S/C12H15N3O2S2/c1-3-8-15-11(13-14-12(15)18)9-4-6-10(7-5-9)19(2,16)17/h4-7H,3,8H2,1-2H3,(H,14,18). The van der Waals surface area contributed by atoms with Crippen molar-refractivity contribution < 1.29 is 8.42 Å². The third-order valence-electron chi connectivity index (χ3n) is 2.75. The molecule has 1 heterocycles.